The van der Waals surface area contributed by atoms with Crippen LogP contribution in [0.2, 0.25) is 0 Å². The Morgan fingerprint density at radius 1 is 1.35 bits per heavy atom. The molecule has 1 atom stereocenters. The van der Waals surface area contributed by atoms with E-state index in [2.05, 4.69) is 15.0 Å². The minimum atomic E-state index is -0.949. The van der Waals surface area contributed by atoms with Gasteiger partial charge in [-0.15, -0.1) is 0 Å². The van der Waals surface area contributed by atoms with Crippen LogP contribution in [0.15, 0.2) is 22.7 Å². The summed E-state index contributed by atoms with van der Waals surface area (Å²) < 4.78 is 31.5. The van der Waals surface area contributed by atoms with Crippen molar-refractivity contribution in [3.8, 4) is 11.4 Å². The van der Waals surface area contributed by atoms with Crippen molar-refractivity contribution in [3.63, 3.8) is 0 Å². The van der Waals surface area contributed by atoms with Crippen molar-refractivity contribution < 1.29 is 18.4 Å². The zero-order valence-corrected chi connectivity index (χ0v) is 13.1. The van der Waals surface area contributed by atoms with Gasteiger partial charge in [0.2, 0.25) is 11.7 Å². The first-order valence-electron chi connectivity index (χ1n) is 7.59. The summed E-state index contributed by atoms with van der Waals surface area (Å²) in [5.74, 6) is -1.25. The van der Waals surface area contributed by atoms with E-state index in [1.165, 1.54) is 6.07 Å². The summed E-state index contributed by atoms with van der Waals surface area (Å²) in [6.45, 7) is 4.84. The third-order valence-electron chi connectivity index (χ3n) is 4.16. The number of likely N-dealkylation sites (tertiary alicyclic amines) is 1. The predicted molar refractivity (Wildman–Crippen MR) is 79.4 cm³/mol. The molecule has 124 valence electrons. The molecule has 23 heavy (non-hydrogen) atoms. The molecular formula is C16H19F2N3O2. The molecule has 1 fully saturated rings. The number of hydrogen-bond acceptors (Lipinski definition) is 5. The van der Waals surface area contributed by atoms with Crippen LogP contribution in [0, 0.1) is 11.6 Å². The van der Waals surface area contributed by atoms with E-state index in [1.807, 2.05) is 0 Å². The third-order valence-corrected chi connectivity index (χ3v) is 4.16. The van der Waals surface area contributed by atoms with Crippen LogP contribution in [-0.2, 0) is 6.54 Å². The van der Waals surface area contributed by atoms with E-state index in [4.69, 9.17) is 4.52 Å². The first-order chi connectivity index (χ1) is 10.8. The Kier molecular flexibility index (Phi) is 4.16. The number of nitrogens with zero attached hydrogens (tertiary/aromatic N) is 3. The van der Waals surface area contributed by atoms with Gasteiger partial charge in [0.15, 0.2) is 11.6 Å². The highest BCUT2D eigenvalue weighted by atomic mass is 19.2. The Balaban J connectivity index is 1.76. The van der Waals surface area contributed by atoms with Gasteiger partial charge >= 0.3 is 0 Å². The molecule has 1 aromatic heterocycles. The smallest absolute Gasteiger partial charge is 0.241 e. The molecule has 0 spiro atoms. The molecule has 1 aromatic carbocycles. The zero-order valence-electron chi connectivity index (χ0n) is 13.1. The minimum absolute atomic E-state index is 0.0288. The number of halogens is 2. The molecule has 1 N–H and O–H groups in total. The first kappa shape index (κ1) is 16.0. The second-order valence-electron chi connectivity index (χ2n) is 6.42. The highest BCUT2D eigenvalue weighted by Crippen LogP contribution is 2.28. The van der Waals surface area contributed by atoms with E-state index >= 15 is 0 Å². The Morgan fingerprint density at radius 3 is 2.83 bits per heavy atom. The minimum Gasteiger partial charge on any atom is -0.389 e. The molecule has 1 aliphatic heterocycles. The fraction of sp³-hybridized carbons (Fsp3) is 0.500. The van der Waals surface area contributed by atoms with Crippen molar-refractivity contribution in [2.45, 2.75) is 44.9 Å². The summed E-state index contributed by atoms with van der Waals surface area (Å²) in [6.07, 6.45) is 1.91. The normalized spacial score (nSPS) is 19.4. The van der Waals surface area contributed by atoms with Gasteiger partial charge in [-0.3, -0.25) is 4.90 Å². The van der Waals surface area contributed by atoms with Gasteiger partial charge in [0.25, 0.3) is 0 Å². The summed E-state index contributed by atoms with van der Waals surface area (Å²) in [4.78, 5) is 6.34. The maximum Gasteiger partial charge on any atom is 0.241 e. The average molecular weight is 323 g/mol. The molecule has 0 bridgehead atoms. The van der Waals surface area contributed by atoms with E-state index in [9.17, 15) is 13.9 Å². The maximum atomic E-state index is 13.3. The molecule has 1 aliphatic rings. The summed E-state index contributed by atoms with van der Waals surface area (Å²) in [5, 5.41) is 14.0. The number of aromatic nitrogens is 2. The Labute approximate surface area is 132 Å². The lowest BCUT2D eigenvalue weighted by Crippen LogP contribution is -2.45. The molecule has 3 rings (SSSR count). The van der Waals surface area contributed by atoms with Crippen molar-refractivity contribution in [3.05, 3.63) is 35.7 Å². The van der Waals surface area contributed by atoms with E-state index in [1.54, 1.807) is 13.8 Å². The van der Waals surface area contributed by atoms with Crippen molar-refractivity contribution in [1.29, 1.82) is 0 Å². The molecule has 7 heteroatoms. The Bertz CT molecular complexity index is 697. The monoisotopic (exact) mass is 323 g/mol. The van der Waals surface area contributed by atoms with Crippen LogP contribution < -0.4 is 0 Å². The lowest BCUT2D eigenvalue weighted by molar-refractivity contribution is -0.00774. The van der Waals surface area contributed by atoms with E-state index in [0.29, 0.717) is 18.0 Å². The standard InChI is InChI=1S/C16H19F2N3O2/c1-16(2,22)13-4-3-7-21(13)9-14-19-15(20-23-14)10-5-6-11(17)12(18)8-10/h5-6,8,13,22H,3-4,7,9H2,1-2H3. The van der Waals surface area contributed by atoms with E-state index in [-0.39, 0.29) is 11.9 Å². The summed E-state index contributed by atoms with van der Waals surface area (Å²) in [7, 11) is 0. The Morgan fingerprint density at radius 2 is 2.13 bits per heavy atom. The summed E-state index contributed by atoms with van der Waals surface area (Å²) >= 11 is 0. The van der Waals surface area contributed by atoms with E-state index < -0.39 is 17.2 Å². The summed E-state index contributed by atoms with van der Waals surface area (Å²) in [5.41, 5.74) is -0.446. The lowest BCUT2D eigenvalue weighted by Gasteiger charge is -2.32. The molecule has 0 radical (unpaired) electrons. The van der Waals surface area contributed by atoms with Gasteiger partial charge in [-0.1, -0.05) is 5.16 Å². The second-order valence-corrected chi connectivity index (χ2v) is 6.42. The fourth-order valence-corrected chi connectivity index (χ4v) is 3.06. The van der Waals surface area contributed by atoms with Crippen LogP contribution in [0.5, 0.6) is 0 Å². The van der Waals surface area contributed by atoms with Gasteiger partial charge in [-0.25, -0.2) is 8.78 Å². The van der Waals surface area contributed by atoms with Crippen molar-refractivity contribution in [2.24, 2.45) is 0 Å². The quantitative estimate of drug-likeness (QED) is 0.937. The van der Waals surface area contributed by atoms with Gasteiger partial charge in [-0.05, 0) is 51.4 Å². The topological polar surface area (TPSA) is 62.4 Å². The van der Waals surface area contributed by atoms with E-state index in [0.717, 1.165) is 31.5 Å². The maximum absolute atomic E-state index is 13.3. The van der Waals surface area contributed by atoms with Gasteiger partial charge in [-0.2, -0.15) is 4.98 Å². The number of aliphatic hydroxyl groups is 1. The molecular weight excluding hydrogens is 304 g/mol. The highest BCUT2D eigenvalue weighted by Gasteiger charge is 2.36. The van der Waals surface area contributed by atoms with Crippen molar-refractivity contribution in [1.82, 2.24) is 15.0 Å². The van der Waals surface area contributed by atoms with Crippen molar-refractivity contribution in [2.75, 3.05) is 6.54 Å². The van der Waals surface area contributed by atoms with Gasteiger partial charge in [0.1, 0.15) is 0 Å². The van der Waals surface area contributed by atoms with Gasteiger partial charge in [0, 0.05) is 11.6 Å². The summed E-state index contributed by atoms with van der Waals surface area (Å²) in [6, 6.07) is 3.51. The molecule has 5 nitrogen and oxygen atoms in total. The first-order valence-corrected chi connectivity index (χ1v) is 7.59. The average Bonchev–Trinajstić information content (AvgIpc) is 3.11. The molecule has 0 amide bonds. The Hall–Kier alpha value is -1.86. The molecule has 0 aliphatic carbocycles. The van der Waals surface area contributed by atoms with Crippen LogP contribution in [0.4, 0.5) is 8.78 Å². The van der Waals surface area contributed by atoms with Crippen LogP contribution in [0.1, 0.15) is 32.6 Å². The largest absolute Gasteiger partial charge is 0.389 e. The molecule has 2 heterocycles. The molecule has 2 aromatic rings. The van der Waals surface area contributed by atoms with Crippen molar-refractivity contribution >= 4 is 0 Å². The second kappa shape index (κ2) is 5.98. The van der Waals surface area contributed by atoms with Crippen LogP contribution in [-0.4, -0.2) is 38.3 Å². The number of hydrogen-bond donors (Lipinski definition) is 1. The van der Waals surface area contributed by atoms with Crippen LogP contribution >= 0.6 is 0 Å². The third kappa shape index (κ3) is 3.40. The SMILES string of the molecule is CC(C)(O)C1CCCN1Cc1nc(-c2ccc(F)c(F)c2)no1. The predicted octanol–water partition coefficient (Wildman–Crippen LogP) is 2.75. The highest BCUT2D eigenvalue weighted by molar-refractivity contribution is 5.54. The lowest BCUT2D eigenvalue weighted by atomic mass is 9.97. The van der Waals surface area contributed by atoms with Crippen LogP contribution in [0.3, 0.4) is 0 Å². The number of rotatable bonds is 4. The van der Waals surface area contributed by atoms with Crippen LogP contribution in [0.25, 0.3) is 11.4 Å². The van der Waals surface area contributed by atoms with Gasteiger partial charge < -0.3 is 9.63 Å². The van der Waals surface area contributed by atoms with Gasteiger partial charge in [0.05, 0.1) is 12.1 Å². The molecule has 0 saturated carbocycles. The number of benzene rings is 1. The molecule has 1 unspecified atom stereocenters. The fourth-order valence-electron chi connectivity index (χ4n) is 3.06. The molecule has 1 saturated heterocycles. The zero-order chi connectivity index (χ0) is 16.6.